The van der Waals surface area contributed by atoms with E-state index in [1.807, 2.05) is 18.2 Å². The van der Waals surface area contributed by atoms with Gasteiger partial charge < -0.3 is 20.1 Å². The van der Waals surface area contributed by atoms with Crippen LogP contribution in [0.25, 0.3) is 5.70 Å². The zero-order chi connectivity index (χ0) is 15.2. The highest BCUT2D eigenvalue weighted by Crippen LogP contribution is 2.34. The Kier molecular flexibility index (Phi) is 5.44. The summed E-state index contributed by atoms with van der Waals surface area (Å²) in [7, 11) is 3.31. The molecule has 0 amide bonds. The predicted octanol–water partition coefficient (Wildman–Crippen LogP) is 2.52. The van der Waals surface area contributed by atoms with E-state index in [0.29, 0.717) is 0 Å². The molecule has 2 N–H and O–H groups in total. The minimum Gasteiger partial charge on any atom is -0.493 e. The Hall–Kier alpha value is -1.75. The summed E-state index contributed by atoms with van der Waals surface area (Å²) in [4.78, 5) is 0.752. The summed E-state index contributed by atoms with van der Waals surface area (Å²) in [5.41, 5.74) is 3.40. The molecule has 1 aromatic carbocycles. The molecule has 0 saturated heterocycles. The maximum Gasteiger partial charge on any atom is 0.161 e. The van der Waals surface area contributed by atoms with Crippen LogP contribution in [0.15, 0.2) is 18.2 Å². The van der Waals surface area contributed by atoms with Gasteiger partial charge in [-0.05, 0) is 36.6 Å². The van der Waals surface area contributed by atoms with Gasteiger partial charge in [0.05, 0.1) is 14.2 Å². The van der Waals surface area contributed by atoms with Gasteiger partial charge in [-0.1, -0.05) is 19.1 Å². The van der Waals surface area contributed by atoms with Crippen molar-refractivity contribution in [2.24, 2.45) is 0 Å². The van der Waals surface area contributed by atoms with Gasteiger partial charge in [0, 0.05) is 24.4 Å². The van der Waals surface area contributed by atoms with Crippen molar-refractivity contribution < 1.29 is 9.47 Å². The van der Waals surface area contributed by atoms with Gasteiger partial charge in [0.2, 0.25) is 0 Å². The summed E-state index contributed by atoms with van der Waals surface area (Å²) >= 11 is 5.36. The molecule has 2 rings (SSSR count). The molecule has 4 nitrogen and oxygen atoms in total. The lowest BCUT2D eigenvalue weighted by Crippen LogP contribution is -2.26. The van der Waals surface area contributed by atoms with Crippen LogP contribution in [0.4, 0.5) is 0 Å². The molecule has 0 saturated carbocycles. The maximum atomic E-state index is 5.39. The zero-order valence-electron chi connectivity index (χ0n) is 12.8. The molecule has 114 valence electrons. The standard InChI is InChI=1S/C16H22N2O2S/c1-4-6-18-16(21)10-13-12-9-15(20-3)14(19-2)8-11(12)5-7-17-13/h8-10,17H,4-7H2,1-3H3,(H,18,21). The van der Waals surface area contributed by atoms with Gasteiger partial charge in [-0.2, -0.15) is 0 Å². The van der Waals surface area contributed by atoms with Crippen molar-refractivity contribution in [3.8, 4) is 11.5 Å². The maximum absolute atomic E-state index is 5.39. The third-order valence-corrected chi connectivity index (χ3v) is 3.70. The number of nitrogens with one attached hydrogen (secondary N) is 2. The second kappa shape index (κ2) is 7.31. The molecule has 0 bridgehead atoms. The molecule has 0 atom stereocenters. The Bertz CT molecular complexity index is 555. The van der Waals surface area contributed by atoms with E-state index in [2.05, 4.69) is 17.6 Å². The normalized spacial score (nSPS) is 15.1. The predicted molar refractivity (Wildman–Crippen MR) is 90.1 cm³/mol. The third-order valence-electron chi connectivity index (χ3n) is 3.43. The molecule has 0 spiro atoms. The molecule has 21 heavy (non-hydrogen) atoms. The Balaban J connectivity index is 2.34. The van der Waals surface area contributed by atoms with E-state index in [1.165, 1.54) is 5.56 Å². The first-order valence-electron chi connectivity index (χ1n) is 7.18. The number of thiocarbonyl (C=S) groups is 1. The highest BCUT2D eigenvalue weighted by molar-refractivity contribution is 7.80. The molecule has 1 aliphatic rings. The van der Waals surface area contributed by atoms with Gasteiger partial charge in [0.15, 0.2) is 11.5 Å². The summed E-state index contributed by atoms with van der Waals surface area (Å²) in [5.74, 6) is 1.50. The van der Waals surface area contributed by atoms with E-state index >= 15 is 0 Å². The summed E-state index contributed by atoms with van der Waals surface area (Å²) < 4.78 is 10.8. The number of hydrogen-bond donors (Lipinski definition) is 2. The number of benzene rings is 1. The van der Waals surface area contributed by atoms with Gasteiger partial charge in [-0.25, -0.2) is 0 Å². The second-order valence-electron chi connectivity index (χ2n) is 4.89. The minimum absolute atomic E-state index is 0.735. The minimum atomic E-state index is 0.735. The largest absolute Gasteiger partial charge is 0.493 e. The lowest BCUT2D eigenvalue weighted by atomic mass is 9.97. The first-order valence-corrected chi connectivity index (χ1v) is 7.59. The molecule has 5 heteroatoms. The Morgan fingerprint density at radius 2 is 2.05 bits per heavy atom. The molecular weight excluding hydrogens is 284 g/mol. The van der Waals surface area contributed by atoms with E-state index in [1.54, 1.807) is 14.2 Å². The number of fused-ring (bicyclic) bond motifs is 1. The van der Waals surface area contributed by atoms with Crippen molar-refractivity contribution in [3.63, 3.8) is 0 Å². The molecular formula is C16H22N2O2S. The van der Waals surface area contributed by atoms with Crippen molar-refractivity contribution in [3.05, 3.63) is 29.3 Å². The first kappa shape index (κ1) is 15.6. The highest BCUT2D eigenvalue weighted by Gasteiger charge is 2.18. The van der Waals surface area contributed by atoms with E-state index in [9.17, 15) is 0 Å². The first-order chi connectivity index (χ1) is 10.2. The van der Waals surface area contributed by atoms with E-state index < -0.39 is 0 Å². The topological polar surface area (TPSA) is 42.5 Å². The van der Waals surface area contributed by atoms with Crippen molar-refractivity contribution in [1.82, 2.24) is 10.6 Å². The fraction of sp³-hybridized carbons (Fsp3) is 0.438. The van der Waals surface area contributed by atoms with Crippen molar-refractivity contribution in [1.29, 1.82) is 0 Å². The quantitative estimate of drug-likeness (QED) is 0.646. The van der Waals surface area contributed by atoms with Crippen molar-refractivity contribution in [2.75, 3.05) is 27.3 Å². The van der Waals surface area contributed by atoms with Gasteiger partial charge in [0.1, 0.15) is 4.99 Å². The van der Waals surface area contributed by atoms with Crippen LogP contribution in [0.1, 0.15) is 24.5 Å². The molecule has 0 radical (unpaired) electrons. The van der Waals surface area contributed by atoms with Gasteiger partial charge in [-0.3, -0.25) is 0 Å². The lowest BCUT2D eigenvalue weighted by molar-refractivity contribution is 0.354. The number of rotatable bonds is 5. The summed E-state index contributed by atoms with van der Waals surface area (Å²) in [5, 5.41) is 6.63. The van der Waals surface area contributed by atoms with Crippen molar-refractivity contribution in [2.45, 2.75) is 19.8 Å². The van der Waals surface area contributed by atoms with Crippen LogP contribution in [-0.2, 0) is 6.42 Å². The van der Waals surface area contributed by atoms with Crippen LogP contribution >= 0.6 is 12.2 Å². The Morgan fingerprint density at radius 3 is 2.71 bits per heavy atom. The molecule has 1 aromatic rings. The van der Waals surface area contributed by atoms with Crippen LogP contribution in [0.3, 0.4) is 0 Å². The monoisotopic (exact) mass is 306 g/mol. The fourth-order valence-corrected chi connectivity index (χ4v) is 2.58. The molecule has 0 aromatic heterocycles. The van der Waals surface area contributed by atoms with Crippen LogP contribution in [-0.4, -0.2) is 32.3 Å². The number of ether oxygens (including phenoxy) is 2. The Labute approximate surface area is 131 Å². The average Bonchev–Trinajstić information content (AvgIpc) is 2.51. The Morgan fingerprint density at radius 1 is 1.33 bits per heavy atom. The van der Waals surface area contributed by atoms with Gasteiger partial charge >= 0.3 is 0 Å². The van der Waals surface area contributed by atoms with Crippen LogP contribution < -0.4 is 20.1 Å². The molecule has 0 aliphatic carbocycles. The van der Waals surface area contributed by atoms with Crippen LogP contribution in [0, 0.1) is 0 Å². The number of methoxy groups -OCH3 is 2. The molecule has 1 aliphatic heterocycles. The van der Waals surface area contributed by atoms with E-state index in [0.717, 1.165) is 53.7 Å². The van der Waals surface area contributed by atoms with Gasteiger partial charge in [0.25, 0.3) is 0 Å². The van der Waals surface area contributed by atoms with Crippen molar-refractivity contribution >= 4 is 22.9 Å². The highest BCUT2D eigenvalue weighted by atomic mass is 32.1. The summed E-state index contributed by atoms with van der Waals surface area (Å²) in [6.07, 6.45) is 4.00. The number of hydrogen-bond acceptors (Lipinski definition) is 4. The van der Waals surface area contributed by atoms with E-state index in [4.69, 9.17) is 21.7 Å². The average molecular weight is 306 g/mol. The molecule has 0 fully saturated rings. The summed E-state index contributed by atoms with van der Waals surface area (Å²) in [6.45, 7) is 3.90. The van der Waals surface area contributed by atoms with E-state index in [-0.39, 0.29) is 0 Å². The third kappa shape index (κ3) is 3.67. The van der Waals surface area contributed by atoms with Crippen LogP contribution in [0.5, 0.6) is 11.5 Å². The van der Waals surface area contributed by atoms with Crippen LogP contribution in [0.2, 0.25) is 0 Å². The smallest absolute Gasteiger partial charge is 0.161 e. The molecule has 0 unspecified atom stereocenters. The zero-order valence-corrected chi connectivity index (χ0v) is 13.6. The molecule has 1 heterocycles. The second-order valence-corrected chi connectivity index (χ2v) is 5.33. The summed E-state index contributed by atoms with van der Waals surface area (Å²) in [6, 6.07) is 4.06. The fourth-order valence-electron chi connectivity index (χ4n) is 2.36. The lowest BCUT2D eigenvalue weighted by Gasteiger charge is -2.23. The SMILES string of the molecule is CCCNC(=S)C=C1NCCc2cc(OC)c(OC)cc21. The van der Waals surface area contributed by atoms with Gasteiger partial charge in [-0.15, -0.1) is 0 Å².